The molecule has 3 N–H and O–H groups in total. The Hall–Kier alpha value is -2.46. The molecule has 0 aliphatic carbocycles. The van der Waals surface area contributed by atoms with E-state index < -0.39 is 0 Å². The SMILES string of the molecule is NC(=O)C1CCN(C(=O)CCCSc2ccc(NC(=O)c3cccs3)nn2)CC1. The van der Waals surface area contributed by atoms with Crippen LogP contribution >= 0.6 is 23.1 Å². The summed E-state index contributed by atoms with van der Waals surface area (Å²) in [5.41, 5.74) is 5.32. The van der Waals surface area contributed by atoms with Crippen LogP contribution in [-0.2, 0) is 9.59 Å². The minimum atomic E-state index is -0.272. The molecule has 1 aliphatic rings. The third-order valence-electron chi connectivity index (χ3n) is 4.66. The number of nitrogens with one attached hydrogen (secondary N) is 1. The van der Waals surface area contributed by atoms with Gasteiger partial charge in [-0.3, -0.25) is 14.4 Å². The Kier molecular flexibility index (Phi) is 7.59. The van der Waals surface area contributed by atoms with Crippen LogP contribution < -0.4 is 11.1 Å². The predicted molar refractivity (Wildman–Crippen MR) is 113 cm³/mol. The number of hydrogen-bond acceptors (Lipinski definition) is 7. The predicted octanol–water partition coefficient (Wildman–Crippen LogP) is 2.39. The van der Waals surface area contributed by atoms with Crippen LogP contribution in [0.2, 0.25) is 0 Å². The van der Waals surface area contributed by atoms with Gasteiger partial charge in [-0.05, 0) is 42.8 Å². The summed E-state index contributed by atoms with van der Waals surface area (Å²) in [6.07, 6.45) is 2.51. The minimum Gasteiger partial charge on any atom is -0.369 e. The summed E-state index contributed by atoms with van der Waals surface area (Å²) in [4.78, 5) is 37.9. The molecule has 0 bridgehead atoms. The summed E-state index contributed by atoms with van der Waals surface area (Å²) in [5.74, 6) is 0.693. The van der Waals surface area contributed by atoms with E-state index in [2.05, 4.69) is 15.5 Å². The molecule has 0 aromatic carbocycles. The molecular formula is C19H23N5O3S2. The molecular weight excluding hydrogens is 410 g/mol. The van der Waals surface area contributed by atoms with Crippen molar-refractivity contribution in [2.45, 2.75) is 30.7 Å². The smallest absolute Gasteiger partial charge is 0.266 e. The normalized spacial score (nSPS) is 14.6. The lowest BCUT2D eigenvalue weighted by Crippen LogP contribution is -2.41. The van der Waals surface area contributed by atoms with Crippen molar-refractivity contribution in [3.8, 4) is 0 Å². The number of amides is 3. The van der Waals surface area contributed by atoms with Gasteiger partial charge in [0, 0.05) is 31.2 Å². The standard InChI is InChI=1S/C19H23N5O3S2/c20-18(26)13-7-9-24(10-8-13)17(25)4-2-12-29-16-6-5-15(22-23-16)21-19(27)14-3-1-11-28-14/h1,3,5-6,11,13H,2,4,7-10,12H2,(H2,20,26)(H,21,22,27). The monoisotopic (exact) mass is 433 g/mol. The summed E-state index contributed by atoms with van der Waals surface area (Å²) in [6, 6.07) is 7.09. The van der Waals surface area contributed by atoms with E-state index in [0.29, 0.717) is 43.0 Å². The summed E-state index contributed by atoms with van der Waals surface area (Å²) in [7, 11) is 0. The van der Waals surface area contributed by atoms with Gasteiger partial charge in [0.2, 0.25) is 11.8 Å². The largest absolute Gasteiger partial charge is 0.369 e. The minimum absolute atomic E-state index is 0.105. The van der Waals surface area contributed by atoms with Crippen molar-refractivity contribution in [3.63, 3.8) is 0 Å². The molecule has 29 heavy (non-hydrogen) atoms. The molecule has 0 atom stereocenters. The van der Waals surface area contributed by atoms with E-state index in [1.165, 1.54) is 23.1 Å². The zero-order valence-electron chi connectivity index (χ0n) is 15.9. The Morgan fingerprint density at radius 1 is 1.21 bits per heavy atom. The highest BCUT2D eigenvalue weighted by Crippen LogP contribution is 2.20. The number of rotatable bonds is 8. The molecule has 0 saturated carbocycles. The molecule has 1 saturated heterocycles. The molecule has 0 radical (unpaired) electrons. The van der Waals surface area contributed by atoms with Gasteiger partial charge in [-0.25, -0.2) is 0 Å². The Balaban J connectivity index is 1.35. The highest BCUT2D eigenvalue weighted by atomic mass is 32.2. The first-order valence-electron chi connectivity index (χ1n) is 9.41. The second-order valence-corrected chi connectivity index (χ2v) is 8.76. The van der Waals surface area contributed by atoms with Crippen molar-refractivity contribution < 1.29 is 14.4 Å². The number of hydrogen-bond donors (Lipinski definition) is 2. The molecule has 154 valence electrons. The quantitative estimate of drug-likeness (QED) is 0.487. The van der Waals surface area contributed by atoms with E-state index in [1.807, 2.05) is 16.3 Å². The molecule has 0 unspecified atom stereocenters. The van der Waals surface area contributed by atoms with Crippen LogP contribution in [0.25, 0.3) is 0 Å². The maximum atomic E-state index is 12.3. The summed E-state index contributed by atoms with van der Waals surface area (Å²) in [6.45, 7) is 1.20. The first kappa shape index (κ1) is 21.3. The number of thiophene rings is 1. The number of thioether (sulfide) groups is 1. The number of nitrogens with zero attached hydrogens (tertiary/aromatic N) is 3. The number of carbonyl (C=O) groups is 3. The molecule has 2 aromatic rings. The van der Waals surface area contributed by atoms with E-state index in [-0.39, 0.29) is 23.6 Å². The fraction of sp³-hybridized carbons (Fsp3) is 0.421. The van der Waals surface area contributed by atoms with Gasteiger partial charge >= 0.3 is 0 Å². The Bertz CT molecular complexity index is 834. The zero-order valence-corrected chi connectivity index (χ0v) is 17.5. The third-order valence-corrected chi connectivity index (χ3v) is 6.54. The van der Waals surface area contributed by atoms with E-state index in [0.717, 1.165) is 17.2 Å². The number of aromatic nitrogens is 2. The molecule has 1 aliphatic heterocycles. The summed E-state index contributed by atoms with van der Waals surface area (Å²) in [5, 5.41) is 13.4. The lowest BCUT2D eigenvalue weighted by Gasteiger charge is -2.30. The Morgan fingerprint density at radius 2 is 2.00 bits per heavy atom. The molecule has 8 nitrogen and oxygen atoms in total. The van der Waals surface area contributed by atoms with E-state index >= 15 is 0 Å². The number of anilines is 1. The van der Waals surface area contributed by atoms with Crippen molar-refractivity contribution in [1.29, 1.82) is 0 Å². The van der Waals surface area contributed by atoms with Crippen LogP contribution in [0.4, 0.5) is 5.82 Å². The first-order valence-corrected chi connectivity index (χ1v) is 11.3. The van der Waals surface area contributed by atoms with Gasteiger partial charge in [0.05, 0.1) is 4.88 Å². The second-order valence-electron chi connectivity index (χ2n) is 6.70. The van der Waals surface area contributed by atoms with Crippen LogP contribution in [0.15, 0.2) is 34.7 Å². The van der Waals surface area contributed by atoms with Crippen LogP contribution in [0.5, 0.6) is 0 Å². The molecule has 10 heteroatoms. The van der Waals surface area contributed by atoms with Crippen molar-refractivity contribution >= 4 is 46.6 Å². The first-order chi connectivity index (χ1) is 14.0. The molecule has 3 amide bonds. The maximum absolute atomic E-state index is 12.3. The maximum Gasteiger partial charge on any atom is 0.266 e. The number of carbonyl (C=O) groups excluding carboxylic acids is 3. The fourth-order valence-corrected chi connectivity index (χ4v) is 4.40. The number of primary amides is 1. The molecule has 1 fully saturated rings. The van der Waals surface area contributed by atoms with Crippen LogP contribution in [0, 0.1) is 5.92 Å². The number of likely N-dealkylation sites (tertiary alicyclic amines) is 1. The lowest BCUT2D eigenvalue weighted by molar-refractivity contribution is -0.134. The van der Waals surface area contributed by atoms with E-state index in [9.17, 15) is 14.4 Å². The molecule has 0 spiro atoms. The molecule has 3 rings (SSSR count). The Labute approximate surface area is 177 Å². The highest BCUT2D eigenvalue weighted by molar-refractivity contribution is 7.99. The zero-order chi connectivity index (χ0) is 20.6. The number of piperidine rings is 1. The van der Waals surface area contributed by atoms with E-state index in [4.69, 9.17) is 5.73 Å². The van der Waals surface area contributed by atoms with Gasteiger partial charge in [-0.2, -0.15) is 0 Å². The third kappa shape index (κ3) is 6.26. The second kappa shape index (κ2) is 10.4. The molecule has 3 heterocycles. The van der Waals surface area contributed by atoms with Crippen molar-refractivity contribution in [2.75, 3.05) is 24.2 Å². The van der Waals surface area contributed by atoms with Crippen molar-refractivity contribution in [2.24, 2.45) is 11.7 Å². The topological polar surface area (TPSA) is 118 Å². The van der Waals surface area contributed by atoms with Gasteiger partial charge in [0.15, 0.2) is 5.82 Å². The fourth-order valence-electron chi connectivity index (χ4n) is 3.02. The van der Waals surface area contributed by atoms with Crippen LogP contribution in [-0.4, -0.2) is 51.7 Å². The Morgan fingerprint density at radius 3 is 2.62 bits per heavy atom. The molecule has 2 aromatic heterocycles. The van der Waals surface area contributed by atoms with Gasteiger partial charge in [-0.1, -0.05) is 6.07 Å². The number of nitrogens with two attached hydrogens (primary N) is 1. The average molecular weight is 434 g/mol. The van der Waals surface area contributed by atoms with Crippen molar-refractivity contribution in [1.82, 2.24) is 15.1 Å². The van der Waals surface area contributed by atoms with Gasteiger partial charge in [0.25, 0.3) is 5.91 Å². The van der Waals surface area contributed by atoms with E-state index in [1.54, 1.807) is 18.2 Å². The van der Waals surface area contributed by atoms with Crippen molar-refractivity contribution in [3.05, 3.63) is 34.5 Å². The average Bonchev–Trinajstić information content (AvgIpc) is 3.27. The van der Waals surface area contributed by atoms with Crippen LogP contribution in [0.3, 0.4) is 0 Å². The van der Waals surface area contributed by atoms with Crippen LogP contribution in [0.1, 0.15) is 35.4 Å². The van der Waals surface area contributed by atoms with Gasteiger partial charge in [-0.15, -0.1) is 33.3 Å². The summed E-state index contributed by atoms with van der Waals surface area (Å²) < 4.78 is 0. The summed E-state index contributed by atoms with van der Waals surface area (Å²) >= 11 is 2.89. The van der Waals surface area contributed by atoms with Gasteiger partial charge in [0.1, 0.15) is 5.03 Å². The van der Waals surface area contributed by atoms with Gasteiger partial charge < -0.3 is 16.0 Å². The highest BCUT2D eigenvalue weighted by Gasteiger charge is 2.25. The lowest BCUT2D eigenvalue weighted by atomic mass is 9.96.